The monoisotopic (exact) mass is 260 g/mol. The molecule has 0 radical (unpaired) electrons. The van der Waals surface area contributed by atoms with Gasteiger partial charge in [0.15, 0.2) is 0 Å². The van der Waals surface area contributed by atoms with Gasteiger partial charge >= 0.3 is 0 Å². The Morgan fingerprint density at radius 2 is 1.84 bits per heavy atom. The van der Waals surface area contributed by atoms with E-state index in [1.54, 1.807) is 0 Å². The number of nitrogens with one attached hydrogen (secondary N) is 1. The van der Waals surface area contributed by atoms with Crippen LogP contribution in [0.25, 0.3) is 0 Å². The second-order valence-electron chi connectivity index (χ2n) is 5.60. The van der Waals surface area contributed by atoms with Gasteiger partial charge in [0.25, 0.3) is 0 Å². The van der Waals surface area contributed by atoms with E-state index in [1.165, 1.54) is 0 Å². The molecule has 2 rings (SSSR count). The molecule has 19 heavy (non-hydrogen) atoms. The van der Waals surface area contributed by atoms with Gasteiger partial charge in [0, 0.05) is 12.2 Å². The van der Waals surface area contributed by atoms with E-state index >= 15 is 0 Å². The standard InChI is InChI=1S/C16H24N2O/c1-3-12(4-2)11-18-15(19)16(9-10-16)13-5-7-14(17)8-6-13/h5-8,12H,3-4,9-11,17H2,1-2H3,(H,18,19). The maximum Gasteiger partial charge on any atom is 0.230 e. The van der Waals surface area contributed by atoms with Crippen LogP contribution in [0.5, 0.6) is 0 Å². The third-order valence-corrected chi connectivity index (χ3v) is 4.35. The molecule has 0 atom stereocenters. The number of nitrogen functional groups attached to an aromatic ring is 1. The first-order chi connectivity index (χ1) is 9.12. The van der Waals surface area contributed by atoms with Gasteiger partial charge in [-0.3, -0.25) is 4.79 Å². The first-order valence-corrected chi connectivity index (χ1v) is 7.26. The van der Waals surface area contributed by atoms with Crippen molar-refractivity contribution in [2.45, 2.75) is 44.9 Å². The topological polar surface area (TPSA) is 55.1 Å². The van der Waals surface area contributed by atoms with Crippen molar-refractivity contribution < 1.29 is 4.79 Å². The van der Waals surface area contributed by atoms with Gasteiger partial charge in [0.1, 0.15) is 0 Å². The van der Waals surface area contributed by atoms with Crippen LogP contribution in [0.15, 0.2) is 24.3 Å². The highest BCUT2D eigenvalue weighted by atomic mass is 16.2. The lowest BCUT2D eigenvalue weighted by Gasteiger charge is -2.19. The van der Waals surface area contributed by atoms with E-state index in [9.17, 15) is 4.79 Å². The molecular weight excluding hydrogens is 236 g/mol. The molecule has 1 aliphatic rings. The third-order valence-electron chi connectivity index (χ3n) is 4.35. The zero-order valence-electron chi connectivity index (χ0n) is 11.9. The Morgan fingerprint density at radius 1 is 1.26 bits per heavy atom. The zero-order chi connectivity index (χ0) is 13.9. The van der Waals surface area contributed by atoms with Crippen LogP contribution in [-0.4, -0.2) is 12.5 Å². The predicted octanol–water partition coefficient (Wildman–Crippen LogP) is 2.85. The van der Waals surface area contributed by atoms with Crippen LogP contribution in [0.2, 0.25) is 0 Å². The van der Waals surface area contributed by atoms with E-state index < -0.39 is 0 Å². The maximum atomic E-state index is 12.4. The number of benzene rings is 1. The predicted molar refractivity (Wildman–Crippen MR) is 78.8 cm³/mol. The van der Waals surface area contributed by atoms with Gasteiger partial charge in [0.2, 0.25) is 5.91 Å². The number of carbonyl (C=O) groups excluding carboxylic acids is 1. The number of carbonyl (C=O) groups is 1. The molecule has 0 spiro atoms. The summed E-state index contributed by atoms with van der Waals surface area (Å²) in [5.74, 6) is 0.773. The van der Waals surface area contributed by atoms with Crippen LogP contribution < -0.4 is 11.1 Å². The molecular formula is C16H24N2O. The summed E-state index contributed by atoms with van der Waals surface area (Å²) in [5.41, 5.74) is 7.27. The normalized spacial score (nSPS) is 16.4. The van der Waals surface area contributed by atoms with Crippen LogP contribution in [0.4, 0.5) is 5.69 Å². The van der Waals surface area contributed by atoms with E-state index in [0.29, 0.717) is 5.92 Å². The largest absolute Gasteiger partial charge is 0.399 e. The van der Waals surface area contributed by atoms with Crippen molar-refractivity contribution in [3.05, 3.63) is 29.8 Å². The summed E-state index contributed by atoms with van der Waals surface area (Å²) >= 11 is 0. The minimum absolute atomic E-state index is 0.184. The van der Waals surface area contributed by atoms with Crippen LogP contribution in [0, 0.1) is 5.92 Å². The molecule has 1 fully saturated rings. The van der Waals surface area contributed by atoms with E-state index in [-0.39, 0.29) is 11.3 Å². The highest BCUT2D eigenvalue weighted by molar-refractivity contribution is 5.91. The van der Waals surface area contributed by atoms with Crippen molar-refractivity contribution in [3.63, 3.8) is 0 Å². The summed E-state index contributed by atoms with van der Waals surface area (Å²) in [7, 11) is 0. The summed E-state index contributed by atoms with van der Waals surface area (Å²) in [6.07, 6.45) is 4.13. The lowest BCUT2D eigenvalue weighted by Crippen LogP contribution is -2.37. The van der Waals surface area contributed by atoms with E-state index in [2.05, 4.69) is 19.2 Å². The Labute approximate surface area is 115 Å². The van der Waals surface area contributed by atoms with Crippen LogP contribution in [0.3, 0.4) is 0 Å². The molecule has 1 aromatic rings. The summed E-state index contributed by atoms with van der Waals surface area (Å²) < 4.78 is 0. The molecule has 1 saturated carbocycles. The van der Waals surface area contributed by atoms with Crippen LogP contribution in [-0.2, 0) is 10.2 Å². The lowest BCUT2D eigenvalue weighted by molar-refractivity contribution is -0.123. The fraction of sp³-hybridized carbons (Fsp3) is 0.562. The average Bonchev–Trinajstić information content (AvgIpc) is 3.22. The van der Waals surface area contributed by atoms with Gasteiger partial charge in [-0.25, -0.2) is 0 Å². The first-order valence-electron chi connectivity index (χ1n) is 7.26. The minimum atomic E-state index is -0.278. The fourth-order valence-corrected chi connectivity index (χ4v) is 2.56. The van der Waals surface area contributed by atoms with Crippen molar-refractivity contribution in [1.29, 1.82) is 0 Å². The Morgan fingerprint density at radius 3 is 2.32 bits per heavy atom. The minimum Gasteiger partial charge on any atom is -0.399 e. The average molecular weight is 260 g/mol. The molecule has 1 aromatic carbocycles. The van der Waals surface area contributed by atoms with Gasteiger partial charge in [-0.2, -0.15) is 0 Å². The second kappa shape index (κ2) is 5.64. The fourth-order valence-electron chi connectivity index (χ4n) is 2.56. The molecule has 1 amide bonds. The van der Waals surface area contributed by atoms with E-state index in [0.717, 1.165) is 43.5 Å². The van der Waals surface area contributed by atoms with Crippen molar-refractivity contribution in [2.75, 3.05) is 12.3 Å². The number of hydrogen-bond acceptors (Lipinski definition) is 2. The summed E-state index contributed by atoms with van der Waals surface area (Å²) in [5, 5.41) is 3.13. The first kappa shape index (κ1) is 13.9. The van der Waals surface area contributed by atoms with Crippen LogP contribution >= 0.6 is 0 Å². The smallest absolute Gasteiger partial charge is 0.230 e. The quantitative estimate of drug-likeness (QED) is 0.773. The molecule has 0 aliphatic heterocycles. The molecule has 104 valence electrons. The summed E-state index contributed by atoms with van der Waals surface area (Å²) in [4.78, 5) is 12.4. The van der Waals surface area contributed by atoms with Crippen molar-refractivity contribution >= 4 is 11.6 Å². The Hall–Kier alpha value is -1.51. The van der Waals surface area contributed by atoms with Crippen molar-refractivity contribution in [3.8, 4) is 0 Å². The lowest BCUT2D eigenvalue weighted by atomic mass is 9.94. The summed E-state index contributed by atoms with van der Waals surface area (Å²) in [6, 6.07) is 7.73. The molecule has 0 bridgehead atoms. The molecule has 3 N–H and O–H groups in total. The van der Waals surface area contributed by atoms with Gasteiger partial charge in [0.05, 0.1) is 5.41 Å². The van der Waals surface area contributed by atoms with Crippen molar-refractivity contribution in [1.82, 2.24) is 5.32 Å². The zero-order valence-corrected chi connectivity index (χ0v) is 11.9. The number of amides is 1. The highest BCUT2D eigenvalue weighted by Crippen LogP contribution is 2.48. The number of rotatable bonds is 6. The molecule has 0 heterocycles. The Bertz CT molecular complexity index is 431. The Balaban J connectivity index is 2.00. The van der Waals surface area contributed by atoms with Gasteiger partial charge < -0.3 is 11.1 Å². The molecule has 1 aliphatic carbocycles. The maximum absolute atomic E-state index is 12.4. The van der Waals surface area contributed by atoms with E-state index in [4.69, 9.17) is 5.73 Å². The molecule has 3 heteroatoms. The number of hydrogen-bond donors (Lipinski definition) is 2. The summed E-state index contributed by atoms with van der Waals surface area (Å²) in [6.45, 7) is 5.14. The molecule has 0 saturated heterocycles. The SMILES string of the molecule is CCC(CC)CNC(=O)C1(c2ccc(N)cc2)CC1. The number of nitrogens with two attached hydrogens (primary N) is 1. The van der Waals surface area contributed by atoms with Crippen LogP contribution in [0.1, 0.15) is 45.1 Å². The molecule has 0 aromatic heterocycles. The van der Waals surface area contributed by atoms with Gasteiger partial charge in [-0.05, 0) is 36.5 Å². The van der Waals surface area contributed by atoms with Gasteiger partial charge in [-0.15, -0.1) is 0 Å². The van der Waals surface area contributed by atoms with Crippen molar-refractivity contribution in [2.24, 2.45) is 5.92 Å². The van der Waals surface area contributed by atoms with E-state index in [1.807, 2.05) is 24.3 Å². The molecule has 3 nitrogen and oxygen atoms in total. The Kier molecular flexibility index (Phi) is 4.13. The second-order valence-corrected chi connectivity index (χ2v) is 5.60. The number of anilines is 1. The van der Waals surface area contributed by atoms with Gasteiger partial charge in [-0.1, -0.05) is 38.8 Å². The third kappa shape index (κ3) is 2.91. The highest BCUT2D eigenvalue weighted by Gasteiger charge is 2.51. The molecule has 0 unspecified atom stereocenters.